The number of aromatic nitrogens is 3. The summed E-state index contributed by atoms with van der Waals surface area (Å²) >= 11 is 7.15. The lowest BCUT2D eigenvalue weighted by Crippen LogP contribution is -2.27. The summed E-state index contributed by atoms with van der Waals surface area (Å²) in [4.78, 5) is 12.4. The van der Waals surface area contributed by atoms with Crippen LogP contribution < -0.4 is 10.2 Å². The van der Waals surface area contributed by atoms with Crippen molar-refractivity contribution in [2.75, 3.05) is 0 Å². The minimum Gasteiger partial charge on any atom is -0.507 e. The van der Waals surface area contributed by atoms with Crippen molar-refractivity contribution in [1.82, 2.24) is 20.2 Å². The molecule has 1 unspecified atom stereocenters. The molecule has 0 saturated heterocycles. The van der Waals surface area contributed by atoms with Crippen LogP contribution in [0, 0.1) is 0 Å². The van der Waals surface area contributed by atoms with Crippen molar-refractivity contribution in [3.63, 3.8) is 0 Å². The molecule has 0 radical (unpaired) electrons. The number of amides is 1. The highest BCUT2D eigenvalue weighted by Gasteiger charge is 2.20. The summed E-state index contributed by atoms with van der Waals surface area (Å²) in [6, 6.07) is 14.0. The Morgan fingerprint density at radius 3 is 2.88 bits per heavy atom. The van der Waals surface area contributed by atoms with Gasteiger partial charge in [0.15, 0.2) is 11.0 Å². The number of aromatic hydroxyl groups is 1. The minimum atomic E-state index is -0.504. The topological polar surface area (TPSA) is 102 Å². The van der Waals surface area contributed by atoms with E-state index in [1.807, 2.05) is 34.9 Å². The van der Waals surface area contributed by atoms with Gasteiger partial charge in [0.05, 0.1) is 11.5 Å². The second kappa shape index (κ2) is 11.4. The van der Waals surface area contributed by atoms with Crippen LogP contribution in [0.4, 0.5) is 0 Å². The van der Waals surface area contributed by atoms with Crippen LogP contribution in [0.3, 0.4) is 0 Å². The lowest BCUT2D eigenvalue weighted by Gasteiger charge is -2.11. The Morgan fingerprint density at radius 2 is 2.12 bits per heavy atom. The van der Waals surface area contributed by atoms with Crippen molar-refractivity contribution in [1.29, 1.82) is 0 Å². The van der Waals surface area contributed by atoms with Crippen LogP contribution in [0.5, 0.6) is 11.5 Å². The number of carbonyl (C=O) groups excluding carboxylic acids is 1. The van der Waals surface area contributed by atoms with Gasteiger partial charge in [0.1, 0.15) is 18.1 Å². The molecule has 10 heteroatoms. The van der Waals surface area contributed by atoms with Crippen molar-refractivity contribution in [3.8, 4) is 11.5 Å². The molecule has 1 amide bonds. The standard InChI is InChI=1S/C22H22ClN5O3S/c1-3-11-28-20(14-31-18-7-5-4-6-8-18)25-27-22(28)32-15(2)21(30)26-24-13-16-12-17(23)9-10-19(16)29/h3-10,12-13,15,29H,1,11,14H2,2H3,(H,26,30)/b24-13+. The van der Waals surface area contributed by atoms with E-state index in [1.54, 1.807) is 25.1 Å². The highest BCUT2D eigenvalue weighted by molar-refractivity contribution is 8.00. The first-order chi connectivity index (χ1) is 15.5. The fourth-order valence-electron chi connectivity index (χ4n) is 2.59. The summed E-state index contributed by atoms with van der Waals surface area (Å²) in [5.74, 6) is 1.03. The first-order valence-electron chi connectivity index (χ1n) is 9.67. The van der Waals surface area contributed by atoms with Crippen molar-refractivity contribution < 1.29 is 14.6 Å². The van der Waals surface area contributed by atoms with E-state index in [4.69, 9.17) is 16.3 Å². The van der Waals surface area contributed by atoms with Gasteiger partial charge in [-0.1, -0.05) is 47.6 Å². The largest absolute Gasteiger partial charge is 0.507 e. The zero-order valence-electron chi connectivity index (χ0n) is 17.3. The molecular formula is C22H22ClN5O3S. The van der Waals surface area contributed by atoms with Crippen molar-refractivity contribution in [2.24, 2.45) is 5.10 Å². The van der Waals surface area contributed by atoms with Crippen LogP contribution in [-0.4, -0.2) is 37.2 Å². The molecule has 0 aliphatic carbocycles. The molecule has 1 heterocycles. The van der Waals surface area contributed by atoms with Gasteiger partial charge in [-0.3, -0.25) is 9.36 Å². The molecule has 32 heavy (non-hydrogen) atoms. The molecule has 0 aliphatic rings. The Kier molecular flexibility index (Phi) is 8.29. The summed E-state index contributed by atoms with van der Waals surface area (Å²) in [7, 11) is 0. The monoisotopic (exact) mass is 471 g/mol. The van der Waals surface area contributed by atoms with E-state index in [1.165, 1.54) is 24.0 Å². The van der Waals surface area contributed by atoms with E-state index in [-0.39, 0.29) is 18.3 Å². The average Bonchev–Trinajstić information content (AvgIpc) is 3.16. The molecule has 0 bridgehead atoms. The number of phenolic OH excluding ortho intramolecular Hbond substituents is 1. The quantitative estimate of drug-likeness (QED) is 0.200. The normalized spacial score (nSPS) is 11.9. The highest BCUT2D eigenvalue weighted by Crippen LogP contribution is 2.23. The molecule has 3 rings (SSSR count). The summed E-state index contributed by atoms with van der Waals surface area (Å²) in [5.41, 5.74) is 2.85. The van der Waals surface area contributed by atoms with Crippen LogP contribution >= 0.6 is 23.4 Å². The number of halogens is 1. The molecule has 1 atom stereocenters. The van der Waals surface area contributed by atoms with Crippen molar-refractivity contribution in [3.05, 3.63) is 77.6 Å². The van der Waals surface area contributed by atoms with E-state index in [0.29, 0.717) is 28.1 Å². The summed E-state index contributed by atoms with van der Waals surface area (Å²) < 4.78 is 7.61. The first-order valence-corrected chi connectivity index (χ1v) is 10.9. The number of phenols is 1. The summed E-state index contributed by atoms with van der Waals surface area (Å²) in [6.45, 7) is 6.22. The Hall–Kier alpha value is -3.30. The molecule has 2 N–H and O–H groups in total. The fourth-order valence-corrected chi connectivity index (χ4v) is 3.64. The zero-order chi connectivity index (χ0) is 22.9. The fraction of sp³-hybridized carbons (Fsp3) is 0.182. The maximum absolute atomic E-state index is 12.4. The molecule has 1 aromatic heterocycles. The van der Waals surface area contributed by atoms with Crippen LogP contribution in [0.25, 0.3) is 0 Å². The number of rotatable bonds is 10. The average molecular weight is 472 g/mol. The summed E-state index contributed by atoms with van der Waals surface area (Å²) in [6.07, 6.45) is 3.06. The maximum Gasteiger partial charge on any atom is 0.253 e. The number of hydrazone groups is 1. The molecule has 0 fully saturated rings. The Bertz CT molecular complexity index is 1100. The van der Waals surface area contributed by atoms with E-state index in [2.05, 4.69) is 27.3 Å². The van der Waals surface area contributed by atoms with Gasteiger partial charge < -0.3 is 9.84 Å². The number of para-hydroxylation sites is 1. The lowest BCUT2D eigenvalue weighted by atomic mass is 10.2. The number of ether oxygens (including phenoxy) is 1. The highest BCUT2D eigenvalue weighted by atomic mass is 35.5. The second-order valence-electron chi connectivity index (χ2n) is 6.60. The molecule has 0 saturated carbocycles. The van der Waals surface area contributed by atoms with Crippen LogP contribution in [0.15, 0.2) is 71.4 Å². The third-order valence-electron chi connectivity index (χ3n) is 4.24. The summed E-state index contributed by atoms with van der Waals surface area (Å²) in [5, 5.41) is 22.6. The minimum absolute atomic E-state index is 0.0117. The molecule has 0 aliphatic heterocycles. The Morgan fingerprint density at radius 1 is 1.34 bits per heavy atom. The third kappa shape index (κ3) is 6.35. The number of hydrogen-bond acceptors (Lipinski definition) is 7. The smallest absolute Gasteiger partial charge is 0.253 e. The SMILES string of the molecule is C=CCn1c(COc2ccccc2)nnc1SC(C)C(=O)N/N=C/c1cc(Cl)ccc1O. The van der Waals surface area contributed by atoms with Gasteiger partial charge in [-0.2, -0.15) is 5.10 Å². The molecule has 8 nitrogen and oxygen atoms in total. The van der Waals surface area contributed by atoms with E-state index in [9.17, 15) is 9.90 Å². The number of benzene rings is 2. The number of nitrogens with one attached hydrogen (secondary N) is 1. The predicted molar refractivity (Wildman–Crippen MR) is 125 cm³/mol. The number of nitrogens with zero attached hydrogens (tertiary/aromatic N) is 4. The van der Waals surface area contributed by atoms with Crippen molar-refractivity contribution in [2.45, 2.75) is 30.5 Å². The van der Waals surface area contributed by atoms with Crippen LogP contribution in [0.1, 0.15) is 18.3 Å². The van der Waals surface area contributed by atoms with Gasteiger partial charge in [-0.25, -0.2) is 5.43 Å². The Labute approximate surface area is 195 Å². The van der Waals surface area contributed by atoms with E-state index < -0.39 is 5.25 Å². The van der Waals surface area contributed by atoms with Gasteiger partial charge in [-0.15, -0.1) is 16.8 Å². The number of hydrogen-bond donors (Lipinski definition) is 2. The molecule has 166 valence electrons. The van der Waals surface area contributed by atoms with Crippen LogP contribution in [-0.2, 0) is 17.9 Å². The first kappa shape index (κ1) is 23.4. The van der Waals surface area contributed by atoms with Gasteiger partial charge >= 0.3 is 0 Å². The van der Waals surface area contributed by atoms with Gasteiger partial charge in [0.2, 0.25) is 0 Å². The number of carbonyl (C=O) groups is 1. The molecular weight excluding hydrogens is 450 g/mol. The third-order valence-corrected chi connectivity index (χ3v) is 5.55. The number of allylic oxidation sites excluding steroid dienone is 1. The van der Waals surface area contributed by atoms with Gasteiger partial charge in [0, 0.05) is 17.1 Å². The second-order valence-corrected chi connectivity index (χ2v) is 8.34. The van der Waals surface area contributed by atoms with Gasteiger partial charge in [-0.05, 0) is 37.3 Å². The molecule has 3 aromatic rings. The van der Waals surface area contributed by atoms with Crippen molar-refractivity contribution >= 4 is 35.5 Å². The molecule has 2 aromatic carbocycles. The predicted octanol–water partition coefficient (Wildman–Crippen LogP) is 4.03. The molecule has 0 spiro atoms. The Balaban J connectivity index is 1.61. The van der Waals surface area contributed by atoms with Gasteiger partial charge in [0.25, 0.3) is 5.91 Å². The zero-order valence-corrected chi connectivity index (χ0v) is 18.9. The number of thioether (sulfide) groups is 1. The van der Waals surface area contributed by atoms with E-state index in [0.717, 1.165) is 5.75 Å². The lowest BCUT2D eigenvalue weighted by molar-refractivity contribution is -0.120. The maximum atomic E-state index is 12.4. The van der Waals surface area contributed by atoms with Crippen LogP contribution in [0.2, 0.25) is 5.02 Å². The van der Waals surface area contributed by atoms with E-state index >= 15 is 0 Å².